The summed E-state index contributed by atoms with van der Waals surface area (Å²) in [5.74, 6) is 0.939. The molecule has 3 heterocycles. The van der Waals surface area contributed by atoms with E-state index in [9.17, 15) is 10.1 Å². The number of rotatable bonds is 5. The summed E-state index contributed by atoms with van der Waals surface area (Å²) in [7, 11) is 3.67. The van der Waals surface area contributed by atoms with Crippen LogP contribution in [0, 0.1) is 11.3 Å². The molecule has 0 saturated carbocycles. The number of para-hydroxylation sites is 2. The highest BCUT2D eigenvalue weighted by atomic mass is 32.2. The van der Waals surface area contributed by atoms with Crippen LogP contribution in [0.2, 0.25) is 0 Å². The summed E-state index contributed by atoms with van der Waals surface area (Å²) in [5, 5.41) is 17.7. The van der Waals surface area contributed by atoms with Crippen molar-refractivity contribution in [3.8, 4) is 17.7 Å². The molecule has 0 atom stereocenters. The number of aromatic nitrogens is 2. The Morgan fingerprint density at radius 3 is 2.46 bits per heavy atom. The maximum absolute atomic E-state index is 12.7. The molecule has 28 heavy (non-hydrogen) atoms. The van der Waals surface area contributed by atoms with E-state index in [2.05, 4.69) is 16.3 Å². The molecule has 140 valence electrons. The molecule has 0 N–H and O–H groups in total. The van der Waals surface area contributed by atoms with Crippen LogP contribution in [-0.4, -0.2) is 35.8 Å². The van der Waals surface area contributed by atoms with Crippen molar-refractivity contribution >= 4 is 28.9 Å². The number of anilines is 2. The van der Waals surface area contributed by atoms with Crippen molar-refractivity contribution in [1.82, 2.24) is 10.2 Å². The topological polar surface area (TPSA) is 99.4 Å². The maximum Gasteiger partial charge on any atom is 0.284 e. The first kappa shape index (κ1) is 17.9. The summed E-state index contributed by atoms with van der Waals surface area (Å²) < 4.78 is 10.7. The minimum atomic E-state index is -0.313. The molecule has 1 aliphatic heterocycles. The first-order valence-corrected chi connectivity index (χ1v) is 9.33. The quantitative estimate of drug-likeness (QED) is 0.367. The van der Waals surface area contributed by atoms with Gasteiger partial charge in [-0.3, -0.25) is 4.79 Å². The van der Waals surface area contributed by atoms with Gasteiger partial charge in [0.05, 0.1) is 23.4 Å². The number of carbonyl (C=O) groups excluding carboxylic acids is 1. The second-order valence-corrected chi connectivity index (χ2v) is 6.91. The van der Waals surface area contributed by atoms with Crippen molar-refractivity contribution in [2.24, 2.45) is 0 Å². The van der Waals surface area contributed by atoms with Crippen LogP contribution in [0.25, 0.3) is 11.7 Å². The summed E-state index contributed by atoms with van der Waals surface area (Å²) in [6.45, 7) is 0. The van der Waals surface area contributed by atoms with Crippen LogP contribution in [-0.2, 0) is 4.79 Å². The molecule has 0 bridgehead atoms. The minimum Gasteiger partial charge on any atom is -0.459 e. The number of nitriles is 1. The number of carbonyl (C=O) groups is 1. The number of furan rings is 1. The number of hydrogen-bond acceptors (Lipinski definition) is 9. The predicted octanol–water partition coefficient (Wildman–Crippen LogP) is 3.31. The Morgan fingerprint density at radius 2 is 1.86 bits per heavy atom. The van der Waals surface area contributed by atoms with Gasteiger partial charge in [0.25, 0.3) is 11.1 Å². The highest BCUT2D eigenvalue weighted by Crippen LogP contribution is 2.40. The summed E-state index contributed by atoms with van der Waals surface area (Å²) in [6.07, 6.45) is 1.51. The van der Waals surface area contributed by atoms with Gasteiger partial charge in [-0.25, -0.2) is 0 Å². The third-order valence-electron chi connectivity index (χ3n) is 4.32. The van der Waals surface area contributed by atoms with E-state index in [0.29, 0.717) is 11.6 Å². The van der Waals surface area contributed by atoms with Crippen LogP contribution < -0.4 is 9.80 Å². The maximum atomic E-state index is 12.7. The van der Waals surface area contributed by atoms with E-state index < -0.39 is 0 Å². The number of nitrogens with zero attached hydrogens (tertiary/aromatic N) is 5. The van der Waals surface area contributed by atoms with E-state index in [4.69, 9.17) is 8.83 Å². The van der Waals surface area contributed by atoms with Crippen molar-refractivity contribution in [1.29, 1.82) is 5.26 Å². The largest absolute Gasteiger partial charge is 0.459 e. The highest BCUT2D eigenvalue weighted by Gasteiger charge is 2.31. The number of ketones is 1. The summed E-state index contributed by atoms with van der Waals surface area (Å²) in [5.41, 5.74) is 1.96. The molecule has 0 amide bonds. The smallest absolute Gasteiger partial charge is 0.284 e. The van der Waals surface area contributed by atoms with Crippen molar-refractivity contribution in [2.75, 3.05) is 29.6 Å². The SMILES string of the molecule is CN1C(=C(C#N)C(=O)CSc2nnc(-c3ccco3)o2)N(C)c2ccccc21. The Hall–Kier alpha value is -3.51. The molecule has 8 nitrogen and oxygen atoms in total. The molecule has 4 rings (SSSR count). The standard InChI is InChI=1S/C19H15N5O3S/c1-23-13-6-3-4-7-14(13)24(2)18(23)12(10-20)15(25)11-28-19-22-21-17(27-19)16-8-5-9-26-16/h3-9H,11H2,1-2H3. The van der Waals surface area contributed by atoms with Gasteiger partial charge >= 0.3 is 0 Å². The van der Waals surface area contributed by atoms with Crippen LogP contribution in [0.5, 0.6) is 0 Å². The Bertz CT molecular complexity index is 1070. The van der Waals surface area contributed by atoms with Crippen molar-refractivity contribution in [3.05, 3.63) is 54.1 Å². The fourth-order valence-electron chi connectivity index (χ4n) is 3.02. The lowest BCUT2D eigenvalue weighted by atomic mass is 10.2. The fourth-order valence-corrected chi connectivity index (χ4v) is 3.66. The number of benzene rings is 1. The summed E-state index contributed by atoms with van der Waals surface area (Å²) in [4.78, 5) is 16.4. The minimum absolute atomic E-state index is 0.00417. The van der Waals surface area contributed by atoms with Crippen LogP contribution in [0.4, 0.5) is 11.4 Å². The molecule has 1 aromatic carbocycles. The molecule has 0 saturated heterocycles. The van der Waals surface area contributed by atoms with E-state index in [0.717, 1.165) is 23.1 Å². The van der Waals surface area contributed by atoms with Crippen LogP contribution in [0.3, 0.4) is 0 Å². The molecule has 2 aromatic heterocycles. The van der Waals surface area contributed by atoms with E-state index in [1.165, 1.54) is 6.26 Å². The van der Waals surface area contributed by atoms with Gasteiger partial charge in [-0.1, -0.05) is 23.9 Å². The summed E-state index contributed by atoms with van der Waals surface area (Å²) >= 11 is 1.08. The van der Waals surface area contributed by atoms with Crippen molar-refractivity contribution in [2.45, 2.75) is 5.22 Å². The zero-order valence-electron chi connectivity index (χ0n) is 15.1. The normalized spacial score (nSPS) is 12.8. The first-order chi connectivity index (χ1) is 13.6. The zero-order chi connectivity index (χ0) is 19.7. The van der Waals surface area contributed by atoms with Crippen LogP contribution in [0.15, 0.2) is 68.1 Å². The number of Topliss-reactive ketones (excluding diaryl/α,β-unsaturated/α-hetero) is 1. The average molecular weight is 393 g/mol. The van der Waals surface area contributed by atoms with Crippen molar-refractivity contribution in [3.63, 3.8) is 0 Å². The second-order valence-electron chi connectivity index (χ2n) is 5.98. The lowest BCUT2D eigenvalue weighted by Gasteiger charge is -2.19. The van der Waals surface area contributed by atoms with Gasteiger partial charge in [0.1, 0.15) is 17.5 Å². The third-order valence-corrected chi connectivity index (χ3v) is 5.14. The first-order valence-electron chi connectivity index (χ1n) is 8.34. The molecule has 0 unspecified atom stereocenters. The Labute approximate surface area is 165 Å². The van der Waals surface area contributed by atoms with Gasteiger partial charge < -0.3 is 18.6 Å². The van der Waals surface area contributed by atoms with Crippen molar-refractivity contribution < 1.29 is 13.6 Å². The monoisotopic (exact) mass is 393 g/mol. The number of allylic oxidation sites excluding steroid dienone is 1. The van der Waals surface area contributed by atoms with Gasteiger partial charge in [0.2, 0.25) is 0 Å². The molecular formula is C19H15N5O3S. The molecule has 0 spiro atoms. The Morgan fingerprint density at radius 1 is 1.14 bits per heavy atom. The molecule has 0 fully saturated rings. The zero-order valence-corrected chi connectivity index (χ0v) is 15.9. The van der Waals surface area contributed by atoms with Crippen LogP contribution >= 0.6 is 11.8 Å². The highest BCUT2D eigenvalue weighted by molar-refractivity contribution is 7.99. The van der Waals surface area contributed by atoms with Gasteiger partial charge in [-0.05, 0) is 24.3 Å². The lowest BCUT2D eigenvalue weighted by molar-refractivity contribution is -0.112. The lowest BCUT2D eigenvalue weighted by Crippen LogP contribution is -2.26. The van der Waals surface area contributed by atoms with E-state index in [1.807, 2.05) is 48.2 Å². The molecule has 1 aliphatic rings. The number of thioether (sulfide) groups is 1. The second kappa shape index (κ2) is 7.25. The number of fused-ring (bicyclic) bond motifs is 1. The van der Waals surface area contributed by atoms with Gasteiger partial charge in [-0.2, -0.15) is 5.26 Å². The predicted molar refractivity (Wildman–Crippen MR) is 104 cm³/mol. The fraction of sp³-hybridized carbons (Fsp3) is 0.158. The Balaban J connectivity index is 1.53. The third kappa shape index (κ3) is 3.04. The van der Waals surface area contributed by atoms with Gasteiger partial charge in [0, 0.05) is 14.1 Å². The molecule has 0 aliphatic carbocycles. The molecule has 3 aromatic rings. The van der Waals surface area contributed by atoms with E-state index >= 15 is 0 Å². The molecular weight excluding hydrogens is 378 g/mol. The Kier molecular flexibility index (Phi) is 4.63. The average Bonchev–Trinajstić information content (AvgIpc) is 3.44. The van der Waals surface area contributed by atoms with Gasteiger partial charge in [-0.15, -0.1) is 10.2 Å². The summed E-state index contributed by atoms with van der Waals surface area (Å²) in [6, 6.07) is 13.2. The molecule has 0 radical (unpaired) electrons. The van der Waals surface area contributed by atoms with Gasteiger partial charge in [0.15, 0.2) is 11.5 Å². The van der Waals surface area contributed by atoms with E-state index in [-0.39, 0.29) is 28.2 Å². The van der Waals surface area contributed by atoms with Crippen LogP contribution in [0.1, 0.15) is 0 Å². The van der Waals surface area contributed by atoms with E-state index in [1.54, 1.807) is 12.1 Å². The number of hydrogen-bond donors (Lipinski definition) is 0. The molecule has 9 heteroatoms.